The molecule has 1 aromatic rings. The molecule has 0 N–H and O–H groups in total. The summed E-state index contributed by atoms with van der Waals surface area (Å²) < 4.78 is 13.6. The van der Waals surface area contributed by atoms with E-state index in [1.54, 1.807) is 12.1 Å². The standard InChI is InChI=1S/C13H17BrClF/c1-13(2,3)10(8-14)6-9-4-5-11(15)7-12(9)16/h4-5,7,10H,6,8H2,1-3H3. The van der Waals surface area contributed by atoms with Crippen molar-refractivity contribution in [2.45, 2.75) is 27.2 Å². The largest absolute Gasteiger partial charge is 0.207 e. The Morgan fingerprint density at radius 3 is 2.44 bits per heavy atom. The maximum atomic E-state index is 13.6. The van der Waals surface area contributed by atoms with Crippen LogP contribution < -0.4 is 0 Å². The van der Waals surface area contributed by atoms with Gasteiger partial charge in [0.1, 0.15) is 5.82 Å². The van der Waals surface area contributed by atoms with E-state index in [9.17, 15) is 4.39 Å². The second-order valence-electron chi connectivity index (χ2n) is 5.16. The van der Waals surface area contributed by atoms with Crippen molar-refractivity contribution in [1.82, 2.24) is 0 Å². The molecule has 1 atom stereocenters. The smallest absolute Gasteiger partial charge is 0.127 e. The Morgan fingerprint density at radius 2 is 2.00 bits per heavy atom. The van der Waals surface area contributed by atoms with Crippen molar-refractivity contribution in [3.05, 3.63) is 34.6 Å². The Kier molecular flexibility index (Phi) is 4.81. The Labute approximate surface area is 110 Å². The average Bonchev–Trinajstić information content (AvgIpc) is 2.14. The number of halogens is 3. The van der Waals surface area contributed by atoms with E-state index < -0.39 is 0 Å². The molecule has 0 aliphatic heterocycles. The zero-order chi connectivity index (χ0) is 12.3. The summed E-state index contributed by atoms with van der Waals surface area (Å²) >= 11 is 9.23. The topological polar surface area (TPSA) is 0 Å². The van der Waals surface area contributed by atoms with Crippen molar-refractivity contribution in [3.63, 3.8) is 0 Å². The monoisotopic (exact) mass is 306 g/mol. The van der Waals surface area contributed by atoms with Crippen molar-refractivity contribution in [2.24, 2.45) is 11.3 Å². The van der Waals surface area contributed by atoms with E-state index in [-0.39, 0.29) is 11.2 Å². The molecule has 16 heavy (non-hydrogen) atoms. The highest BCUT2D eigenvalue weighted by Gasteiger charge is 2.24. The first kappa shape index (κ1) is 14.0. The lowest BCUT2D eigenvalue weighted by Gasteiger charge is -2.29. The third-order valence-electron chi connectivity index (χ3n) is 2.89. The van der Waals surface area contributed by atoms with Crippen molar-refractivity contribution in [2.75, 3.05) is 5.33 Å². The highest BCUT2D eigenvalue weighted by molar-refractivity contribution is 9.09. The van der Waals surface area contributed by atoms with Crippen LogP contribution in [0.1, 0.15) is 26.3 Å². The van der Waals surface area contributed by atoms with E-state index in [0.29, 0.717) is 10.9 Å². The van der Waals surface area contributed by atoms with Crippen molar-refractivity contribution in [1.29, 1.82) is 0 Å². The fraction of sp³-hybridized carbons (Fsp3) is 0.538. The molecular weight excluding hydrogens is 290 g/mol. The fourth-order valence-corrected chi connectivity index (χ4v) is 2.90. The third-order valence-corrected chi connectivity index (χ3v) is 3.91. The molecule has 0 spiro atoms. The van der Waals surface area contributed by atoms with Gasteiger partial charge in [-0.05, 0) is 35.4 Å². The predicted octanol–water partition coefficient (Wildman–Crippen LogP) is 5.08. The Bertz CT molecular complexity index is 357. The molecule has 1 unspecified atom stereocenters. The van der Waals surface area contributed by atoms with Gasteiger partial charge < -0.3 is 0 Å². The molecule has 90 valence electrons. The molecule has 1 rings (SSSR count). The van der Waals surface area contributed by atoms with Crippen LogP contribution in [-0.4, -0.2) is 5.33 Å². The first-order chi connectivity index (χ1) is 7.34. The van der Waals surface area contributed by atoms with Gasteiger partial charge in [-0.2, -0.15) is 0 Å². The number of hydrogen-bond acceptors (Lipinski definition) is 0. The highest BCUT2D eigenvalue weighted by atomic mass is 79.9. The van der Waals surface area contributed by atoms with Crippen LogP contribution in [0.5, 0.6) is 0 Å². The van der Waals surface area contributed by atoms with Crippen LogP contribution >= 0.6 is 27.5 Å². The van der Waals surface area contributed by atoms with Gasteiger partial charge in [-0.25, -0.2) is 4.39 Å². The van der Waals surface area contributed by atoms with E-state index in [1.807, 2.05) is 0 Å². The van der Waals surface area contributed by atoms with E-state index in [2.05, 4.69) is 36.7 Å². The first-order valence-electron chi connectivity index (χ1n) is 5.34. The summed E-state index contributed by atoms with van der Waals surface area (Å²) in [5.74, 6) is 0.200. The van der Waals surface area contributed by atoms with Crippen LogP contribution in [0.15, 0.2) is 18.2 Å². The van der Waals surface area contributed by atoms with E-state index >= 15 is 0 Å². The lowest BCUT2D eigenvalue weighted by atomic mass is 9.78. The minimum Gasteiger partial charge on any atom is -0.207 e. The van der Waals surface area contributed by atoms with E-state index in [4.69, 9.17) is 11.6 Å². The molecule has 0 nitrogen and oxygen atoms in total. The average molecular weight is 308 g/mol. The minimum absolute atomic E-state index is 0.162. The molecule has 0 radical (unpaired) electrons. The van der Waals surface area contributed by atoms with Gasteiger partial charge in [0.25, 0.3) is 0 Å². The maximum Gasteiger partial charge on any atom is 0.127 e. The number of alkyl halides is 1. The summed E-state index contributed by atoms with van der Waals surface area (Å²) in [7, 11) is 0. The quantitative estimate of drug-likeness (QED) is 0.683. The molecule has 0 aliphatic carbocycles. The first-order valence-corrected chi connectivity index (χ1v) is 6.84. The SMILES string of the molecule is CC(C)(C)C(CBr)Cc1ccc(Cl)cc1F. The molecule has 0 fully saturated rings. The lowest BCUT2D eigenvalue weighted by Crippen LogP contribution is -2.24. The second-order valence-corrected chi connectivity index (χ2v) is 6.24. The number of hydrogen-bond donors (Lipinski definition) is 0. The summed E-state index contributed by atoms with van der Waals surface area (Å²) in [4.78, 5) is 0. The van der Waals surface area contributed by atoms with Crippen LogP contribution in [0.25, 0.3) is 0 Å². The number of rotatable bonds is 3. The van der Waals surface area contributed by atoms with Crippen LogP contribution in [0, 0.1) is 17.2 Å². The molecule has 0 heterocycles. The van der Waals surface area contributed by atoms with Crippen molar-refractivity contribution in [3.8, 4) is 0 Å². The molecule has 0 saturated heterocycles. The molecule has 0 bridgehead atoms. The molecule has 1 aromatic carbocycles. The van der Waals surface area contributed by atoms with E-state index in [1.165, 1.54) is 6.07 Å². The summed E-state index contributed by atoms with van der Waals surface area (Å²) in [6.07, 6.45) is 0.734. The van der Waals surface area contributed by atoms with Gasteiger partial charge in [0.05, 0.1) is 0 Å². The highest BCUT2D eigenvalue weighted by Crippen LogP contribution is 2.31. The molecule has 0 aliphatic rings. The molecule has 0 aromatic heterocycles. The van der Waals surface area contributed by atoms with Gasteiger partial charge in [0.15, 0.2) is 0 Å². The van der Waals surface area contributed by atoms with Gasteiger partial charge in [0, 0.05) is 10.4 Å². The summed E-state index contributed by atoms with van der Waals surface area (Å²) in [6, 6.07) is 4.90. The summed E-state index contributed by atoms with van der Waals surface area (Å²) in [6.45, 7) is 6.52. The van der Waals surface area contributed by atoms with Gasteiger partial charge in [-0.15, -0.1) is 0 Å². The molecule has 0 amide bonds. The maximum absolute atomic E-state index is 13.6. The summed E-state index contributed by atoms with van der Waals surface area (Å²) in [5, 5.41) is 1.32. The van der Waals surface area contributed by atoms with Crippen LogP contribution in [0.3, 0.4) is 0 Å². The van der Waals surface area contributed by atoms with E-state index in [0.717, 1.165) is 17.3 Å². The van der Waals surface area contributed by atoms with Gasteiger partial charge >= 0.3 is 0 Å². The van der Waals surface area contributed by atoms with Crippen LogP contribution in [-0.2, 0) is 6.42 Å². The fourth-order valence-electron chi connectivity index (χ4n) is 1.54. The van der Waals surface area contributed by atoms with Gasteiger partial charge in [0.2, 0.25) is 0 Å². The zero-order valence-corrected chi connectivity index (χ0v) is 12.2. The second kappa shape index (κ2) is 5.50. The Hall–Kier alpha value is -0.0800. The zero-order valence-electron chi connectivity index (χ0n) is 9.86. The minimum atomic E-state index is -0.206. The molecule has 3 heteroatoms. The Balaban J connectivity index is 2.86. The number of benzene rings is 1. The molecular formula is C13H17BrClF. The van der Waals surface area contributed by atoms with Crippen molar-refractivity contribution < 1.29 is 4.39 Å². The Morgan fingerprint density at radius 1 is 1.38 bits per heavy atom. The van der Waals surface area contributed by atoms with Crippen LogP contribution in [0.4, 0.5) is 4.39 Å². The lowest BCUT2D eigenvalue weighted by molar-refractivity contribution is 0.265. The van der Waals surface area contributed by atoms with Gasteiger partial charge in [-0.3, -0.25) is 0 Å². The summed E-state index contributed by atoms with van der Waals surface area (Å²) in [5.41, 5.74) is 0.902. The predicted molar refractivity (Wildman–Crippen MR) is 71.9 cm³/mol. The van der Waals surface area contributed by atoms with Crippen molar-refractivity contribution >= 4 is 27.5 Å². The molecule has 0 saturated carbocycles. The van der Waals surface area contributed by atoms with Gasteiger partial charge in [-0.1, -0.05) is 54.4 Å². The van der Waals surface area contributed by atoms with Crippen LogP contribution in [0.2, 0.25) is 5.02 Å². The third kappa shape index (κ3) is 3.74. The normalized spacial score (nSPS) is 13.9.